The molecule has 0 bridgehead atoms. The number of hydrogen-bond donors (Lipinski definition) is 1. The molecule has 2 aromatic carbocycles. The fourth-order valence-corrected chi connectivity index (χ4v) is 4.84. The number of morpholine rings is 1. The minimum Gasteiger partial charge on any atom is -0.507 e. The van der Waals surface area contributed by atoms with E-state index < -0.39 is 17.7 Å². The number of rotatable bonds is 11. The molecule has 0 spiro atoms. The van der Waals surface area contributed by atoms with Crippen LogP contribution in [0.4, 0.5) is 0 Å². The van der Waals surface area contributed by atoms with Crippen molar-refractivity contribution in [1.29, 1.82) is 0 Å². The molecule has 1 unspecified atom stereocenters. The van der Waals surface area contributed by atoms with Gasteiger partial charge in [0.05, 0.1) is 45.7 Å². The molecule has 2 fully saturated rings. The van der Waals surface area contributed by atoms with E-state index in [1.807, 2.05) is 6.07 Å². The van der Waals surface area contributed by atoms with Crippen LogP contribution in [0.1, 0.15) is 37.4 Å². The summed E-state index contributed by atoms with van der Waals surface area (Å²) in [5, 5.41) is 11.4. The summed E-state index contributed by atoms with van der Waals surface area (Å²) in [6, 6.07) is 11.4. The Bertz CT molecular complexity index is 1200. The van der Waals surface area contributed by atoms with Crippen molar-refractivity contribution in [2.45, 2.75) is 26.3 Å². The Morgan fingerprint density at radius 3 is 2.49 bits per heavy atom. The van der Waals surface area contributed by atoms with Crippen LogP contribution in [0.3, 0.4) is 0 Å². The van der Waals surface area contributed by atoms with Crippen molar-refractivity contribution in [2.24, 2.45) is 5.92 Å². The summed E-state index contributed by atoms with van der Waals surface area (Å²) in [4.78, 5) is 30.5. The molecule has 2 aliphatic heterocycles. The maximum atomic E-state index is 13.4. The lowest BCUT2D eigenvalue weighted by molar-refractivity contribution is -0.140. The Morgan fingerprint density at radius 1 is 1.03 bits per heavy atom. The number of ketones is 1. The molecule has 0 saturated carbocycles. The number of benzene rings is 2. The molecule has 2 heterocycles. The zero-order valence-electron chi connectivity index (χ0n) is 23.1. The van der Waals surface area contributed by atoms with Gasteiger partial charge >= 0.3 is 0 Å². The number of nitrogens with zero attached hydrogens (tertiary/aromatic N) is 2. The molecule has 0 aliphatic carbocycles. The average molecular weight is 539 g/mol. The van der Waals surface area contributed by atoms with E-state index in [1.165, 1.54) is 12.0 Å². The van der Waals surface area contributed by atoms with E-state index in [2.05, 4.69) is 18.7 Å². The minimum atomic E-state index is -0.796. The van der Waals surface area contributed by atoms with Crippen LogP contribution in [0, 0.1) is 5.92 Å². The minimum absolute atomic E-state index is 0.0331. The highest BCUT2D eigenvalue weighted by Gasteiger charge is 2.46. The van der Waals surface area contributed by atoms with Crippen molar-refractivity contribution >= 4 is 17.4 Å². The van der Waals surface area contributed by atoms with Gasteiger partial charge < -0.3 is 29.0 Å². The van der Waals surface area contributed by atoms with E-state index in [0.29, 0.717) is 67.2 Å². The Morgan fingerprint density at radius 2 is 1.79 bits per heavy atom. The van der Waals surface area contributed by atoms with Gasteiger partial charge in [0.2, 0.25) is 0 Å². The zero-order valence-corrected chi connectivity index (χ0v) is 23.1. The number of carbonyl (C=O) groups excluding carboxylic acids is 2. The first-order valence-corrected chi connectivity index (χ1v) is 13.4. The van der Waals surface area contributed by atoms with Crippen molar-refractivity contribution in [3.05, 3.63) is 59.2 Å². The summed E-state index contributed by atoms with van der Waals surface area (Å²) in [6.07, 6.45) is 0.896. The topological polar surface area (TPSA) is 97.8 Å². The van der Waals surface area contributed by atoms with Crippen molar-refractivity contribution in [2.75, 3.05) is 60.2 Å². The van der Waals surface area contributed by atoms with E-state index in [9.17, 15) is 14.7 Å². The van der Waals surface area contributed by atoms with Crippen LogP contribution in [-0.2, 0) is 14.3 Å². The van der Waals surface area contributed by atoms with Gasteiger partial charge in [0, 0.05) is 31.7 Å². The first-order valence-electron chi connectivity index (χ1n) is 13.4. The monoisotopic (exact) mass is 538 g/mol. The summed E-state index contributed by atoms with van der Waals surface area (Å²) < 4.78 is 22.3. The highest BCUT2D eigenvalue weighted by Crippen LogP contribution is 2.42. The van der Waals surface area contributed by atoms with Gasteiger partial charge in [0.1, 0.15) is 11.5 Å². The maximum absolute atomic E-state index is 13.4. The lowest BCUT2D eigenvalue weighted by Gasteiger charge is -2.31. The van der Waals surface area contributed by atoms with Crippen molar-refractivity contribution in [3.63, 3.8) is 0 Å². The number of aliphatic hydroxyl groups is 1. The summed E-state index contributed by atoms with van der Waals surface area (Å²) in [7, 11) is 3.08. The van der Waals surface area contributed by atoms with Gasteiger partial charge in [-0.1, -0.05) is 32.0 Å². The van der Waals surface area contributed by atoms with Gasteiger partial charge in [0.15, 0.2) is 11.5 Å². The number of Topliss-reactive ketones (excluding diaryl/α,β-unsaturated/α-hetero) is 1. The Labute approximate surface area is 229 Å². The van der Waals surface area contributed by atoms with Gasteiger partial charge in [-0.05, 0) is 42.2 Å². The molecule has 9 heteroatoms. The van der Waals surface area contributed by atoms with Crippen LogP contribution in [0.5, 0.6) is 17.2 Å². The molecule has 9 nitrogen and oxygen atoms in total. The smallest absolute Gasteiger partial charge is 0.295 e. The first-order chi connectivity index (χ1) is 18.8. The highest BCUT2D eigenvalue weighted by molar-refractivity contribution is 6.46. The van der Waals surface area contributed by atoms with Crippen LogP contribution < -0.4 is 14.2 Å². The second-order valence-electron chi connectivity index (χ2n) is 10.1. The Hall–Kier alpha value is -3.56. The summed E-state index contributed by atoms with van der Waals surface area (Å²) in [5.41, 5.74) is 1.07. The SMILES string of the molecule is COc1cccc(C(O)=C2C(=O)C(=O)N(CCN3CCOCC3)C2c2ccc(OCCC(C)C)c(OC)c2)c1. The zero-order chi connectivity index (χ0) is 27.9. The second-order valence-corrected chi connectivity index (χ2v) is 10.1. The fraction of sp³-hybridized carbons (Fsp3) is 0.467. The Balaban J connectivity index is 1.74. The van der Waals surface area contributed by atoms with E-state index in [0.717, 1.165) is 19.5 Å². The Kier molecular flexibility index (Phi) is 9.48. The standard InChI is InChI=1S/C30H38N2O7/c1-20(2)10-15-39-24-9-8-21(19-25(24)37-4)27-26(28(33)22-6-5-7-23(18-22)36-3)29(34)30(35)32(27)12-11-31-13-16-38-17-14-31/h5-9,18-20,27,33H,10-17H2,1-4H3. The van der Waals surface area contributed by atoms with Gasteiger partial charge in [-0.15, -0.1) is 0 Å². The molecule has 0 aromatic heterocycles. The molecule has 39 heavy (non-hydrogen) atoms. The highest BCUT2D eigenvalue weighted by atomic mass is 16.5. The molecule has 2 aromatic rings. The average Bonchev–Trinajstić information content (AvgIpc) is 3.21. The number of methoxy groups -OCH3 is 2. The number of amides is 1. The largest absolute Gasteiger partial charge is 0.507 e. The van der Waals surface area contributed by atoms with E-state index in [-0.39, 0.29) is 11.3 Å². The number of aliphatic hydroxyl groups excluding tert-OH is 1. The lowest BCUT2D eigenvalue weighted by Crippen LogP contribution is -2.42. The summed E-state index contributed by atoms with van der Waals surface area (Å²) in [6.45, 7) is 8.49. The molecule has 2 saturated heterocycles. The van der Waals surface area contributed by atoms with Gasteiger partial charge in [-0.2, -0.15) is 0 Å². The van der Waals surface area contributed by atoms with E-state index in [1.54, 1.807) is 43.5 Å². The molecular weight excluding hydrogens is 500 g/mol. The van der Waals surface area contributed by atoms with Crippen LogP contribution in [0.25, 0.3) is 5.76 Å². The summed E-state index contributed by atoms with van der Waals surface area (Å²) in [5.74, 6) is 0.492. The van der Waals surface area contributed by atoms with E-state index in [4.69, 9.17) is 18.9 Å². The molecule has 0 radical (unpaired) electrons. The molecule has 1 N–H and O–H groups in total. The quantitative estimate of drug-likeness (QED) is 0.262. The van der Waals surface area contributed by atoms with Crippen LogP contribution in [0.15, 0.2) is 48.0 Å². The molecule has 1 amide bonds. The van der Waals surface area contributed by atoms with Crippen LogP contribution in [0.2, 0.25) is 0 Å². The molecule has 210 valence electrons. The van der Waals surface area contributed by atoms with Crippen molar-refractivity contribution in [1.82, 2.24) is 9.80 Å². The molecular formula is C30H38N2O7. The third-order valence-electron chi connectivity index (χ3n) is 7.10. The fourth-order valence-electron chi connectivity index (χ4n) is 4.84. The predicted molar refractivity (Wildman–Crippen MR) is 147 cm³/mol. The van der Waals surface area contributed by atoms with Crippen LogP contribution >= 0.6 is 0 Å². The van der Waals surface area contributed by atoms with Gasteiger partial charge in [-0.25, -0.2) is 0 Å². The molecule has 1 atom stereocenters. The number of ether oxygens (including phenoxy) is 4. The number of hydrogen-bond acceptors (Lipinski definition) is 8. The van der Waals surface area contributed by atoms with Crippen LogP contribution in [-0.4, -0.2) is 86.8 Å². The van der Waals surface area contributed by atoms with Gasteiger partial charge in [0.25, 0.3) is 11.7 Å². The second kappa shape index (κ2) is 13.0. The molecule has 4 rings (SSSR count). The third-order valence-corrected chi connectivity index (χ3v) is 7.10. The van der Waals surface area contributed by atoms with E-state index >= 15 is 0 Å². The van der Waals surface area contributed by atoms with Crippen molar-refractivity contribution in [3.8, 4) is 17.2 Å². The lowest BCUT2D eigenvalue weighted by atomic mass is 9.95. The normalized spacial score (nSPS) is 19.5. The number of likely N-dealkylation sites (tertiary alicyclic amines) is 1. The van der Waals surface area contributed by atoms with Crippen molar-refractivity contribution < 1.29 is 33.6 Å². The predicted octanol–water partition coefficient (Wildman–Crippen LogP) is 3.88. The maximum Gasteiger partial charge on any atom is 0.295 e. The summed E-state index contributed by atoms with van der Waals surface area (Å²) >= 11 is 0. The van der Waals surface area contributed by atoms with Gasteiger partial charge in [-0.3, -0.25) is 14.5 Å². The first kappa shape index (κ1) is 28.4. The molecule has 2 aliphatic rings. The third kappa shape index (κ3) is 6.54. The number of carbonyl (C=O) groups is 2.